The van der Waals surface area contributed by atoms with Crippen molar-refractivity contribution in [3.63, 3.8) is 0 Å². The minimum atomic E-state index is 0.747. The lowest BCUT2D eigenvalue weighted by atomic mass is 9.91. The smallest absolute Gasteiger partial charge is 0.0175 e. The summed E-state index contributed by atoms with van der Waals surface area (Å²) in [4.78, 5) is 2.59. The van der Waals surface area contributed by atoms with Gasteiger partial charge in [-0.1, -0.05) is 18.6 Å². The number of nitrogens with zero attached hydrogens (tertiary/aromatic N) is 1. The summed E-state index contributed by atoms with van der Waals surface area (Å²) in [6.45, 7) is 7.15. The van der Waals surface area contributed by atoms with Gasteiger partial charge in [0.05, 0.1) is 0 Å². The summed E-state index contributed by atoms with van der Waals surface area (Å²) in [6, 6.07) is 0. The zero-order valence-corrected chi connectivity index (χ0v) is 9.42. The minimum absolute atomic E-state index is 0.747. The van der Waals surface area contributed by atoms with Crippen LogP contribution in [0.3, 0.4) is 0 Å². The molecule has 0 amide bonds. The van der Waals surface area contributed by atoms with Gasteiger partial charge in [0.1, 0.15) is 0 Å². The van der Waals surface area contributed by atoms with E-state index >= 15 is 0 Å². The SMILES string of the molecule is CC1=CC=C(N2CCCCC2)CC1C. The number of hydrogen-bond acceptors (Lipinski definition) is 1. The van der Waals surface area contributed by atoms with Crippen LogP contribution in [0.4, 0.5) is 0 Å². The van der Waals surface area contributed by atoms with Crippen LogP contribution >= 0.6 is 0 Å². The molecule has 1 heterocycles. The van der Waals surface area contributed by atoms with Gasteiger partial charge in [-0.15, -0.1) is 0 Å². The van der Waals surface area contributed by atoms with Crippen molar-refractivity contribution in [3.05, 3.63) is 23.4 Å². The summed E-state index contributed by atoms with van der Waals surface area (Å²) in [5.41, 5.74) is 3.11. The van der Waals surface area contributed by atoms with Crippen molar-refractivity contribution >= 4 is 0 Å². The van der Waals surface area contributed by atoms with E-state index < -0.39 is 0 Å². The second-order valence-corrected chi connectivity index (χ2v) is 4.72. The Hall–Kier alpha value is -0.720. The van der Waals surface area contributed by atoms with E-state index in [1.165, 1.54) is 44.3 Å². The number of piperidine rings is 1. The highest BCUT2D eigenvalue weighted by molar-refractivity contribution is 5.24. The molecular weight excluding hydrogens is 170 g/mol. The first-order valence-corrected chi connectivity index (χ1v) is 5.89. The van der Waals surface area contributed by atoms with Gasteiger partial charge in [0.25, 0.3) is 0 Å². The van der Waals surface area contributed by atoms with Crippen molar-refractivity contribution in [2.45, 2.75) is 39.5 Å². The summed E-state index contributed by atoms with van der Waals surface area (Å²) >= 11 is 0. The molecule has 0 aromatic carbocycles. The van der Waals surface area contributed by atoms with Crippen LogP contribution in [0.5, 0.6) is 0 Å². The van der Waals surface area contributed by atoms with E-state index in [1.807, 2.05) is 0 Å². The predicted molar refractivity (Wildman–Crippen MR) is 61.0 cm³/mol. The lowest BCUT2D eigenvalue weighted by Gasteiger charge is -2.34. The lowest BCUT2D eigenvalue weighted by Crippen LogP contribution is -2.30. The van der Waals surface area contributed by atoms with Crippen molar-refractivity contribution < 1.29 is 0 Å². The molecule has 1 atom stereocenters. The van der Waals surface area contributed by atoms with Crippen LogP contribution in [-0.4, -0.2) is 18.0 Å². The third kappa shape index (κ3) is 2.02. The highest BCUT2D eigenvalue weighted by atomic mass is 15.1. The molecule has 0 saturated carbocycles. The fourth-order valence-electron chi connectivity index (χ4n) is 2.35. The second-order valence-electron chi connectivity index (χ2n) is 4.72. The van der Waals surface area contributed by atoms with Crippen LogP contribution < -0.4 is 0 Å². The first-order chi connectivity index (χ1) is 6.77. The number of allylic oxidation sites excluding steroid dienone is 4. The first kappa shape index (κ1) is 9.82. The Bertz CT molecular complexity index is 256. The van der Waals surface area contributed by atoms with Crippen molar-refractivity contribution in [1.82, 2.24) is 4.90 Å². The van der Waals surface area contributed by atoms with E-state index in [1.54, 1.807) is 5.70 Å². The molecule has 0 bridgehead atoms. The summed E-state index contributed by atoms with van der Waals surface area (Å²) in [5.74, 6) is 0.747. The van der Waals surface area contributed by atoms with Crippen molar-refractivity contribution in [2.24, 2.45) is 5.92 Å². The van der Waals surface area contributed by atoms with Gasteiger partial charge in [-0.25, -0.2) is 0 Å². The van der Waals surface area contributed by atoms with E-state index in [2.05, 4.69) is 30.9 Å². The van der Waals surface area contributed by atoms with E-state index in [0.717, 1.165) is 5.92 Å². The minimum Gasteiger partial charge on any atom is -0.375 e. The molecule has 1 saturated heterocycles. The third-order valence-electron chi connectivity index (χ3n) is 3.59. The average molecular weight is 191 g/mol. The lowest BCUT2D eigenvalue weighted by molar-refractivity contribution is 0.269. The molecule has 1 aliphatic heterocycles. The summed E-state index contributed by atoms with van der Waals surface area (Å²) in [7, 11) is 0. The highest BCUT2D eigenvalue weighted by Crippen LogP contribution is 2.28. The topological polar surface area (TPSA) is 3.24 Å². The average Bonchev–Trinajstić information content (AvgIpc) is 2.23. The van der Waals surface area contributed by atoms with Crippen molar-refractivity contribution in [3.8, 4) is 0 Å². The Labute approximate surface area is 87.5 Å². The maximum atomic E-state index is 2.59. The fraction of sp³-hybridized carbons (Fsp3) is 0.692. The van der Waals surface area contributed by atoms with Crippen LogP contribution in [-0.2, 0) is 0 Å². The molecule has 1 nitrogen and oxygen atoms in total. The van der Waals surface area contributed by atoms with Gasteiger partial charge in [-0.05, 0) is 44.6 Å². The van der Waals surface area contributed by atoms with Gasteiger partial charge in [0.2, 0.25) is 0 Å². The maximum absolute atomic E-state index is 2.59. The van der Waals surface area contributed by atoms with Crippen molar-refractivity contribution in [2.75, 3.05) is 13.1 Å². The third-order valence-corrected chi connectivity index (χ3v) is 3.59. The molecule has 0 spiro atoms. The molecule has 2 rings (SSSR count). The van der Waals surface area contributed by atoms with E-state index in [0.29, 0.717) is 0 Å². The van der Waals surface area contributed by atoms with E-state index in [4.69, 9.17) is 0 Å². The molecule has 0 aromatic rings. The quantitative estimate of drug-likeness (QED) is 0.614. The van der Waals surface area contributed by atoms with Gasteiger partial charge in [-0.3, -0.25) is 0 Å². The van der Waals surface area contributed by atoms with Gasteiger partial charge in [0, 0.05) is 18.8 Å². The van der Waals surface area contributed by atoms with E-state index in [9.17, 15) is 0 Å². The van der Waals surface area contributed by atoms with Gasteiger partial charge in [-0.2, -0.15) is 0 Å². The summed E-state index contributed by atoms with van der Waals surface area (Å²) < 4.78 is 0. The first-order valence-electron chi connectivity index (χ1n) is 5.89. The van der Waals surface area contributed by atoms with Gasteiger partial charge < -0.3 is 4.90 Å². The molecule has 1 heteroatoms. The molecule has 0 aromatic heterocycles. The van der Waals surface area contributed by atoms with Crippen LogP contribution in [0, 0.1) is 5.92 Å². The molecule has 1 unspecified atom stereocenters. The van der Waals surface area contributed by atoms with Crippen LogP contribution in [0.1, 0.15) is 39.5 Å². The molecule has 14 heavy (non-hydrogen) atoms. The Morgan fingerprint density at radius 1 is 1.14 bits per heavy atom. The molecule has 0 N–H and O–H groups in total. The monoisotopic (exact) mass is 191 g/mol. The largest absolute Gasteiger partial charge is 0.375 e. The standard InChI is InChI=1S/C13H21N/c1-11-6-7-13(10-12(11)2)14-8-4-3-5-9-14/h6-7,12H,3-5,8-10H2,1-2H3. The predicted octanol–water partition coefficient (Wildman–Crippen LogP) is 3.34. The summed E-state index contributed by atoms with van der Waals surface area (Å²) in [6.07, 6.45) is 10.1. The molecule has 1 fully saturated rings. The Balaban J connectivity index is 2.04. The van der Waals surface area contributed by atoms with Crippen molar-refractivity contribution in [1.29, 1.82) is 0 Å². The Morgan fingerprint density at radius 3 is 2.50 bits per heavy atom. The zero-order chi connectivity index (χ0) is 9.97. The molecule has 0 radical (unpaired) electrons. The van der Waals surface area contributed by atoms with Crippen LogP contribution in [0.25, 0.3) is 0 Å². The molecule has 78 valence electrons. The normalized spacial score (nSPS) is 28.4. The second kappa shape index (κ2) is 4.20. The summed E-state index contributed by atoms with van der Waals surface area (Å²) in [5, 5.41) is 0. The molecule has 1 aliphatic carbocycles. The van der Waals surface area contributed by atoms with Crippen LogP contribution in [0.15, 0.2) is 23.4 Å². The Morgan fingerprint density at radius 2 is 1.86 bits per heavy atom. The Kier molecular flexibility index (Phi) is 2.95. The van der Waals surface area contributed by atoms with E-state index in [-0.39, 0.29) is 0 Å². The maximum Gasteiger partial charge on any atom is 0.0175 e. The fourth-order valence-corrected chi connectivity index (χ4v) is 2.35. The van der Waals surface area contributed by atoms with Gasteiger partial charge in [0.15, 0.2) is 0 Å². The zero-order valence-electron chi connectivity index (χ0n) is 9.42. The number of likely N-dealkylation sites (tertiary alicyclic amines) is 1. The highest BCUT2D eigenvalue weighted by Gasteiger charge is 2.18. The number of rotatable bonds is 1. The van der Waals surface area contributed by atoms with Crippen LogP contribution in [0.2, 0.25) is 0 Å². The molecular formula is C13H21N. The number of hydrogen-bond donors (Lipinski definition) is 0. The van der Waals surface area contributed by atoms with Gasteiger partial charge >= 0.3 is 0 Å². The molecule has 2 aliphatic rings.